The summed E-state index contributed by atoms with van der Waals surface area (Å²) in [5.41, 5.74) is 0. The molecule has 12 heteroatoms. The first-order valence-electron chi connectivity index (χ1n) is 9.29. The molecular weight excluding hydrogens is 464 g/mol. The summed E-state index contributed by atoms with van der Waals surface area (Å²) in [6.07, 6.45) is 0.414. The molecule has 0 spiro atoms. The fourth-order valence-electron chi connectivity index (χ4n) is 3.10. The normalized spacial score (nSPS) is 29.9. The van der Waals surface area contributed by atoms with Gasteiger partial charge in [0.25, 0.3) is 20.2 Å². The van der Waals surface area contributed by atoms with Crippen LogP contribution in [0.1, 0.15) is 6.42 Å². The van der Waals surface area contributed by atoms with Crippen molar-refractivity contribution in [2.75, 3.05) is 18.3 Å². The van der Waals surface area contributed by atoms with Crippen molar-refractivity contribution in [3.63, 3.8) is 0 Å². The predicted molar refractivity (Wildman–Crippen MR) is 117 cm³/mol. The molecule has 164 valence electrons. The molecule has 2 aromatic rings. The molecule has 1 aliphatic rings. The summed E-state index contributed by atoms with van der Waals surface area (Å²) in [6, 6.07) is 17.3. The molecule has 1 fully saturated rings. The van der Waals surface area contributed by atoms with E-state index in [-0.39, 0.29) is 13.2 Å². The summed E-state index contributed by atoms with van der Waals surface area (Å²) in [5.74, 6) is 0. The van der Waals surface area contributed by atoms with Crippen LogP contribution < -0.4 is 10.4 Å². The number of hydrogen-bond donors (Lipinski definition) is 0. The number of benzene rings is 2. The first-order valence-corrected chi connectivity index (χ1v) is 17.1. The quantitative estimate of drug-likeness (QED) is 0.577. The third kappa shape index (κ3) is 5.85. The van der Waals surface area contributed by atoms with E-state index in [1.165, 1.54) is 0 Å². The SMILES string of the molecule is C[Si]1(c2ccccc2)OCCCO[Si](C)(c2ccccc2)OS(=O)(=O)CS(=O)(=O)O1. The van der Waals surface area contributed by atoms with Gasteiger partial charge in [0.2, 0.25) is 5.08 Å². The van der Waals surface area contributed by atoms with Crippen LogP contribution in [0.3, 0.4) is 0 Å². The third-order valence-electron chi connectivity index (χ3n) is 4.50. The molecule has 1 aliphatic heterocycles. The predicted octanol–water partition coefficient (Wildman–Crippen LogP) is 1.03. The highest BCUT2D eigenvalue weighted by atomic mass is 32.3. The van der Waals surface area contributed by atoms with Gasteiger partial charge in [0, 0.05) is 13.2 Å². The van der Waals surface area contributed by atoms with Gasteiger partial charge < -0.3 is 8.85 Å². The van der Waals surface area contributed by atoms with Crippen LogP contribution in [-0.2, 0) is 36.8 Å². The molecule has 0 aromatic heterocycles. The van der Waals surface area contributed by atoms with Gasteiger partial charge in [-0.05, 0) is 29.9 Å². The van der Waals surface area contributed by atoms with Crippen molar-refractivity contribution in [3.05, 3.63) is 60.7 Å². The average Bonchev–Trinajstić information content (AvgIpc) is 2.66. The van der Waals surface area contributed by atoms with Crippen LogP contribution >= 0.6 is 0 Å². The van der Waals surface area contributed by atoms with Crippen LogP contribution in [0.25, 0.3) is 0 Å². The fraction of sp³-hybridized carbons (Fsp3) is 0.333. The standard InChI is InChI=1S/C18H24O8S2Si2/c1-29(17-10-5-3-6-11-17)23-14-9-15-24-30(2,18-12-7-4-8-13-18)26-28(21,22)16-27(19,20)25-29/h3-8,10-13H,9,14-16H2,1-2H3. The molecule has 0 bridgehead atoms. The molecule has 3 rings (SSSR count). The molecule has 0 amide bonds. The van der Waals surface area contributed by atoms with E-state index in [9.17, 15) is 16.8 Å². The van der Waals surface area contributed by atoms with Crippen LogP contribution in [0.5, 0.6) is 0 Å². The third-order valence-corrected chi connectivity index (χ3v) is 15.7. The summed E-state index contributed by atoms with van der Waals surface area (Å²) in [4.78, 5) is 0. The Labute approximate surface area is 179 Å². The minimum absolute atomic E-state index is 0.194. The van der Waals surface area contributed by atoms with Gasteiger partial charge in [-0.3, -0.25) is 7.74 Å². The second-order valence-electron chi connectivity index (χ2n) is 7.07. The molecule has 0 saturated carbocycles. The maximum Gasteiger partial charge on any atom is 0.387 e. The summed E-state index contributed by atoms with van der Waals surface area (Å²) in [6.45, 7) is 3.53. The van der Waals surface area contributed by atoms with Gasteiger partial charge in [0.1, 0.15) is 0 Å². The van der Waals surface area contributed by atoms with Crippen LogP contribution in [0.15, 0.2) is 60.7 Å². The Morgan fingerprint density at radius 2 is 1.03 bits per heavy atom. The number of rotatable bonds is 2. The summed E-state index contributed by atoms with van der Waals surface area (Å²) in [5, 5.41) is -0.167. The summed E-state index contributed by atoms with van der Waals surface area (Å²) >= 11 is 0. The lowest BCUT2D eigenvalue weighted by Crippen LogP contribution is -2.55. The Hall–Kier alpha value is -1.39. The first kappa shape index (κ1) is 23.3. The van der Waals surface area contributed by atoms with Gasteiger partial charge in [0.05, 0.1) is 0 Å². The van der Waals surface area contributed by atoms with Gasteiger partial charge in [0.15, 0.2) is 0 Å². The number of hydrogen-bond acceptors (Lipinski definition) is 8. The molecule has 2 atom stereocenters. The molecule has 2 aromatic carbocycles. The van der Waals surface area contributed by atoms with Crippen molar-refractivity contribution in [2.45, 2.75) is 19.5 Å². The molecular formula is C18H24O8S2Si2. The largest absolute Gasteiger partial charge is 0.390 e. The monoisotopic (exact) mass is 488 g/mol. The van der Waals surface area contributed by atoms with Crippen LogP contribution in [-0.4, -0.2) is 52.3 Å². The molecule has 0 N–H and O–H groups in total. The van der Waals surface area contributed by atoms with E-state index in [4.69, 9.17) is 16.6 Å². The fourth-order valence-corrected chi connectivity index (χ4v) is 13.8. The maximum atomic E-state index is 12.7. The second kappa shape index (κ2) is 9.00. The van der Waals surface area contributed by atoms with Gasteiger partial charge in [-0.25, -0.2) is 0 Å². The Morgan fingerprint density at radius 3 is 1.40 bits per heavy atom. The highest BCUT2D eigenvalue weighted by molar-refractivity contribution is 8.04. The van der Waals surface area contributed by atoms with Gasteiger partial charge in [-0.1, -0.05) is 60.7 Å². The average molecular weight is 489 g/mol. The van der Waals surface area contributed by atoms with E-state index in [1.807, 2.05) is 0 Å². The second-order valence-corrected chi connectivity index (χ2v) is 17.1. The summed E-state index contributed by atoms with van der Waals surface area (Å²) < 4.78 is 73.3. The van der Waals surface area contributed by atoms with Crippen molar-refractivity contribution >= 4 is 47.7 Å². The lowest BCUT2D eigenvalue weighted by molar-refractivity contribution is 0.199. The lowest BCUT2D eigenvalue weighted by atomic mass is 10.4. The first-order chi connectivity index (χ1) is 14.0. The zero-order valence-electron chi connectivity index (χ0n) is 16.7. The van der Waals surface area contributed by atoms with Gasteiger partial charge >= 0.3 is 17.1 Å². The highest BCUT2D eigenvalue weighted by Gasteiger charge is 2.45. The van der Waals surface area contributed by atoms with Crippen LogP contribution in [0.2, 0.25) is 13.1 Å². The smallest absolute Gasteiger partial charge is 0.387 e. The summed E-state index contributed by atoms with van der Waals surface area (Å²) in [7, 11) is -15.9. The highest BCUT2D eigenvalue weighted by Crippen LogP contribution is 2.19. The van der Waals surface area contributed by atoms with E-state index in [0.717, 1.165) is 0 Å². The minimum Gasteiger partial charge on any atom is -0.390 e. The zero-order chi connectivity index (χ0) is 21.9. The Kier molecular flexibility index (Phi) is 6.99. The Balaban J connectivity index is 1.94. The molecule has 1 saturated heterocycles. The zero-order valence-corrected chi connectivity index (χ0v) is 20.3. The van der Waals surface area contributed by atoms with Crippen LogP contribution in [0.4, 0.5) is 0 Å². The van der Waals surface area contributed by atoms with E-state index in [0.29, 0.717) is 16.8 Å². The molecule has 0 radical (unpaired) electrons. The molecule has 30 heavy (non-hydrogen) atoms. The minimum atomic E-state index is -4.52. The van der Waals surface area contributed by atoms with E-state index in [2.05, 4.69) is 0 Å². The molecule has 0 aliphatic carbocycles. The van der Waals surface area contributed by atoms with E-state index >= 15 is 0 Å². The van der Waals surface area contributed by atoms with Crippen molar-refractivity contribution in [1.82, 2.24) is 0 Å². The van der Waals surface area contributed by atoms with E-state index < -0.39 is 42.4 Å². The van der Waals surface area contributed by atoms with Crippen LogP contribution in [0, 0.1) is 0 Å². The molecule has 2 unspecified atom stereocenters. The lowest BCUT2D eigenvalue weighted by Gasteiger charge is -2.30. The van der Waals surface area contributed by atoms with Crippen molar-refractivity contribution in [3.8, 4) is 0 Å². The van der Waals surface area contributed by atoms with Crippen molar-refractivity contribution < 1.29 is 33.4 Å². The molecule has 8 nitrogen and oxygen atoms in total. The topological polar surface area (TPSA) is 105 Å². The van der Waals surface area contributed by atoms with Crippen molar-refractivity contribution in [2.24, 2.45) is 0 Å². The van der Waals surface area contributed by atoms with Crippen molar-refractivity contribution in [1.29, 1.82) is 0 Å². The van der Waals surface area contributed by atoms with E-state index in [1.54, 1.807) is 73.8 Å². The maximum absolute atomic E-state index is 12.7. The Bertz CT molecular complexity index is 978. The molecule has 1 heterocycles. The van der Waals surface area contributed by atoms with Gasteiger partial charge in [-0.2, -0.15) is 16.8 Å². The Morgan fingerprint density at radius 1 is 0.667 bits per heavy atom. The van der Waals surface area contributed by atoms with Gasteiger partial charge in [-0.15, -0.1) is 0 Å².